The fourth-order valence-corrected chi connectivity index (χ4v) is 11.2. The van der Waals surface area contributed by atoms with E-state index in [-0.39, 0.29) is 0 Å². The molecule has 0 saturated carbocycles. The van der Waals surface area contributed by atoms with Gasteiger partial charge < -0.3 is 33.0 Å². The van der Waals surface area contributed by atoms with Crippen LogP contribution < -0.4 is 19.3 Å². The summed E-state index contributed by atoms with van der Waals surface area (Å²) in [6.07, 6.45) is 5.44. The van der Waals surface area contributed by atoms with E-state index in [1.165, 1.54) is 0 Å². The predicted molar refractivity (Wildman–Crippen MR) is 299 cm³/mol. The first-order chi connectivity index (χ1) is 37.4. The Labute approximate surface area is 435 Å². The molecule has 2 aliphatic rings. The van der Waals surface area contributed by atoms with Gasteiger partial charge >= 0.3 is 0 Å². The minimum absolute atomic E-state index is 0.716. The third-order valence-electron chi connectivity index (χ3n) is 14.6. The molecule has 362 valence electrons. The Kier molecular flexibility index (Phi) is 9.57. The summed E-state index contributed by atoms with van der Waals surface area (Å²) in [5, 5.41) is 0. The van der Waals surface area contributed by atoms with Gasteiger partial charge in [-0.2, -0.15) is 0 Å². The summed E-state index contributed by atoms with van der Waals surface area (Å²) < 4.78 is 19.1. The van der Waals surface area contributed by atoms with Gasteiger partial charge in [0.05, 0.1) is 22.7 Å². The molecule has 2 aliphatic heterocycles. The quantitative estimate of drug-likeness (QED) is 0.153. The summed E-state index contributed by atoms with van der Waals surface area (Å²) in [6, 6.07) is 64.3. The Morgan fingerprint density at radius 1 is 0.329 bits per heavy atom. The highest BCUT2D eigenvalue weighted by molar-refractivity contribution is 6.07. The van der Waals surface area contributed by atoms with Gasteiger partial charge in [-0.1, -0.05) is 72.8 Å². The van der Waals surface area contributed by atoms with Crippen LogP contribution in [0.5, 0.6) is 23.0 Å². The topological polar surface area (TPSA) is 117 Å². The molecule has 76 heavy (non-hydrogen) atoms. The van der Waals surface area contributed by atoms with Crippen molar-refractivity contribution in [1.82, 2.24) is 43.6 Å². The number of hydrogen-bond donors (Lipinski definition) is 0. The van der Waals surface area contributed by atoms with E-state index in [0.717, 1.165) is 141 Å². The zero-order valence-electron chi connectivity index (χ0n) is 41.4. The largest absolute Gasteiger partial charge is 0.453 e. The molecule has 7 aromatic carbocycles. The van der Waals surface area contributed by atoms with Crippen LogP contribution in [0.15, 0.2) is 207 Å². The van der Waals surface area contributed by atoms with E-state index in [1.54, 1.807) is 0 Å². The van der Waals surface area contributed by atoms with Gasteiger partial charge in [-0.3, -0.25) is 0 Å². The van der Waals surface area contributed by atoms with Gasteiger partial charge in [0.15, 0.2) is 39.9 Å². The molecule has 0 fully saturated rings. The van der Waals surface area contributed by atoms with E-state index in [4.69, 9.17) is 39.4 Å². The summed E-state index contributed by atoms with van der Waals surface area (Å²) in [6.45, 7) is 0. The van der Waals surface area contributed by atoms with Crippen molar-refractivity contribution < 1.29 is 9.47 Å². The first-order valence-corrected chi connectivity index (χ1v) is 25.0. The van der Waals surface area contributed by atoms with Crippen LogP contribution in [-0.4, -0.2) is 43.6 Å². The van der Waals surface area contributed by atoms with Crippen molar-refractivity contribution in [2.45, 2.75) is 0 Å². The molecule has 13 aromatic rings. The van der Waals surface area contributed by atoms with Crippen molar-refractivity contribution in [2.75, 3.05) is 9.80 Å². The lowest BCUT2D eigenvalue weighted by Gasteiger charge is -2.33. The highest BCUT2D eigenvalue weighted by atomic mass is 16.5. The zero-order valence-corrected chi connectivity index (χ0v) is 41.4. The molecule has 13 heteroatoms. The lowest BCUT2D eigenvalue weighted by Crippen LogP contribution is -2.15. The monoisotopic (exact) mass is 985 g/mol. The summed E-state index contributed by atoms with van der Waals surface area (Å²) in [5.41, 5.74) is 16.7. The molecule has 0 radical (unpaired) electrons. The number of aromatic nitrogens is 9. The maximum atomic E-state index is 6.45. The molecule has 0 amide bonds. The molecule has 0 aliphatic carbocycles. The van der Waals surface area contributed by atoms with Crippen LogP contribution in [0.1, 0.15) is 0 Å². The van der Waals surface area contributed by atoms with E-state index in [9.17, 15) is 0 Å². The molecule has 0 saturated heterocycles. The highest BCUT2D eigenvalue weighted by Gasteiger charge is 2.32. The van der Waals surface area contributed by atoms with Crippen molar-refractivity contribution in [3.05, 3.63) is 207 Å². The number of benzene rings is 7. The Balaban J connectivity index is 1.05. The number of imidazole rings is 3. The van der Waals surface area contributed by atoms with Crippen LogP contribution in [0.3, 0.4) is 0 Å². The number of aryl methyl sites for hydroxylation is 3. The minimum Gasteiger partial charge on any atom is -0.453 e. The third kappa shape index (κ3) is 6.58. The number of pyridine rings is 3. The first-order valence-electron chi connectivity index (χ1n) is 25.0. The Morgan fingerprint density at radius 2 is 0.671 bits per heavy atom. The van der Waals surface area contributed by atoms with Gasteiger partial charge in [0, 0.05) is 78.9 Å². The smallest absolute Gasteiger partial charge is 0.159 e. The van der Waals surface area contributed by atoms with Gasteiger partial charge in [-0.25, -0.2) is 29.9 Å². The van der Waals surface area contributed by atoms with E-state index in [1.807, 2.05) is 149 Å². The van der Waals surface area contributed by atoms with Crippen molar-refractivity contribution in [1.29, 1.82) is 0 Å². The van der Waals surface area contributed by atoms with Crippen LogP contribution in [0.25, 0.3) is 89.9 Å². The molecule has 0 spiro atoms. The van der Waals surface area contributed by atoms with Gasteiger partial charge in [0.2, 0.25) is 0 Å². The van der Waals surface area contributed by atoms with E-state index >= 15 is 0 Å². The van der Waals surface area contributed by atoms with Crippen molar-refractivity contribution in [3.8, 4) is 79.4 Å². The maximum Gasteiger partial charge on any atom is 0.159 e. The Hall–Kier alpha value is -10.4. The van der Waals surface area contributed by atoms with Crippen LogP contribution in [0.4, 0.5) is 34.1 Å². The highest BCUT2D eigenvalue weighted by Crippen LogP contribution is 2.55. The standard InChI is InChI=1S/C63H43N11O2/c1-70-58(67-44-15-12-34-64-60(44)70)42-37-43(59-68-45-16-13-35-65-61(45)71(59)2)57(63-69-46-17-14-36-66-62(46)72(63)3)56(39-28-32-41(33-29-39)74-49-20-6-10-24-53(49)76-54-25-11-7-21-50(54)74)55(42)38-26-30-40(31-27-38)73-47-18-4-8-22-51(47)75-52-23-9-5-19-48(52)73/h4-37H,1-3H3. The van der Waals surface area contributed by atoms with Gasteiger partial charge in [-0.05, 0) is 126 Å². The van der Waals surface area contributed by atoms with Crippen molar-refractivity contribution in [2.24, 2.45) is 21.1 Å². The summed E-state index contributed by atoms with van der Waals surface area (Å²) in [7, 11) is 6.10. The van der Waals surface area contributed by atoms with Crippen LogP contribution >= 0.6 is 0 Å². The van der Waals surface area contributed by atoms with Gasteiger partial charge in [0.1, 0.15) is 34.0 Å². The van der Waals surface area contributed by atoms with Crippen LogP contribution in [0, 0.1) is 0 Å². The SMILES string of the molecule is Cn1c(-c2cc(-c3nc4cccnc4n3C)c(-c3nc4cccnc4n3C)c(-c3ccc(N4c5ccccc5Oc5ccccc54)cc3)c2-c2ccc(N3c4ccccc4Oc4ccccc43)cc2)nc2cccnc21. The zero-order chi connectivity index (χ0) is 50.6. The number of hydrogen-bond acceptors (Lipinski definition) is 10. The molecule has 8 heterocycles. The second-order valence-electron chi connectivity index (χ2n) is 19.0. The fraction of sp³-hybridized carbons (Fsp3) is 0.0476. The maximum absolute atomic E-state index is 6.45. The van der Waals surface area contributed by atoms with Crippen molar-refractivity contribution in [3.63, 3.8) is 0 Å². The fourth-order valence-electron chi connectivity index (χ4n) is 11.2. The molecule has 0 bridgehead atoms. The first kappa shape index (κ1) is 43.2. The van der Waals surface area contributed by atoms with Gasteiger partial charge in [0.25, 0.3) is 0 Å². The molecule has 6 aromatic heterocycles. The van der Waals surface area contributed by atoms with Crippen LogP contribution in [0.2, 0.25) is 0 Å². The second-order valence-corrected chi connectivity index (χ2v) is 19.0. The molecule has 0 N–H and O–H groups in total. The summed E-state index contributed by atoms with van der Waals surface area (Å²) in [5.74, 6) is 5.30. The number of rotatable bonds is 7. The normalized spacial score (nSPS) is 12.6. The van der Waals surface area contributed by atoms with E-state index in [0.29, 0.717) is 5.82 Å². The van der Waals surface area contributed by atoms with Gasteiger partial charge in [-0.15, -0.1) is 0 Å². The molecular formula is C63H43N11O2. The Bertz CT molecular complexity index is 4390. The molecule has 13 nitrogen and oxygen atoms in total. The summed E-state index contributed by atoms with van der Waals surface area (Å²) >= 11 is 0. The molecule has 0 atom stereocenters. The number of ether oxygens (including phenoxy) is 2. The average Bonchev–Trinajstić information content (AvgIpc) is 4.12. The average molecular weight is 986 g/mol. The lowest BCUT2D eigenvalue weighted by atomic mass is 9.83. The predicted octanol–water partition coefficient (Wildman–Crippen LogP) is 15.0. The lowest BCUT2D eigenvalue weighted by molar-refractivity contribution is 0.477. The van der Waals surface area contributed by atoms with E-state index < -0.39 is 0 Å². The summed E-state index contributed by atoms with van der Waals surface area (Å²) in [4.78, 5) is 35.3. The molecule has 15 rings (SSSR count). The van der Waals surface area contributed by atoms with Crippen molar-refractivity contribution >= 4 is 67.6 Å². The number of nitrogens with zero attached hydrogens (tertiary/aromatic N) is 11. The molecule has 0 unspecified atom stereocenters. The number of fused-ring (bicyclic) bond motifs is 7. The number of para-hydroxylation sites is 8. The van der Waals surface area contributed by atoms with Crippen LogP contribution in [-0.2, 0) is 21.1 Å². The second kappa shape index (κ2) is 16.8. The molecular weight excluding hydrogens is 943 g/mol. The van der Waals surface area contributed by atoms with E-state index in [2.05, 4.69) is 102 Å². The Morgan fingerprint density at radius 3 is 1.07 bits per heavy atom. The number of anilines is 6. The third-order valence-corrected chi connectivity index (χ3v) is 14.6. The minimum atomic E-state index is 0.716.